The molecule has 0 N–H and O–H groups in total. The molecule has 0 bridgehead atoms. The average Bonchev–Trinajstić information content (AvgIpc) is 2.94. The molecule has 0 amide bonds. The van der Waals surface area contributed by atoms with Gasteiger partial charge < -0.3 is 28.5 Å². The molecule has 7 heteroatoms. The molecule has 2 aliphatic rings. The third-order valence-corrected chi connectivity index (χ3v) is 4.78. The van der Waals surface area contributed by atoms with Crippen molar-refractivity contribution in [3.63, 3.8) is 0 Å². The van der Waals surface area contributed by atoms with Gasteiger partial charge in [0.25, 0.3) is 0 Å². The van der Waals surface area contributed by atoms with Crippen molar-refractivity contribution in [3.8, 4) is 0 Å². The van der Waals surface area contributed by atoms with Crippen molar-refractivity contribution >= 4 is 11.8 Å². The maximum atomic E-state index is 12.2. The highest BCUT2D eigenvalue weighted by atomic mass is 16.8. The first-order valence-corrected chi connectivity index (χ1v) is 9.61. The Bertz CT molecular complexity index is 687. The number of benzene rings is 1. The standard InChI is InChI=1S/C21H28O7/c1-13(22)10-11-16(23)26-17-14(2)25-20-19(27-21(3,4)28-20)18(17)24-12-15-8-6-5-7-9-15/h5-9,14,17-20H,10-12H2,1-4H3/t14?,17-,18?,19?,20+/m1/s1. The third kappa shape index (κ3) is 5.17. The first kappa shape index (κ1) is 20.9. The van der Waals surface area contributed by atoms with Crippen molar-refractivity contribution in [1.29, 1.82) is 0 Å². The zero-order chi connectivity index (χ0) is 20.3. The summed E-state index contributed by atoms with van der Waals surface area (Å²) in [6.45, 7) is 7.21. The van der Waals surface area contributed by atoms with Gasteiger partial charge in [0.1, 0.15) is 18.0 Å². The molecule has 28 heavy (non-hydrogen) atoms. The van der Waals surface area contributed by atoms with E-state index in [0.29, 0.717) is 6.61 Å². The third-order valence-electron chi connectivity index (χ3n) is 4.78. The van der Waals surface area contributed by atoms with E-state index in [9.17, 15) is 9.59 Å². The van der Waals surface area contributed by atoms with Crippen LogP contribution in [0.1, 0.15) is 46.1 Å². The van der Waals surface area contributed by atoms with Crippen molar-refractivity contribution in [3.05, 3.63) is 35.9 Å². The second-order valence-corrected chi connectivity index (χ2v) is 7.73. The fourth-order valence-corrected chi connectivity index (χ4v) is 3.44. The lowest BCUT2D eigenvalue weighted by Gasteiger charge is -2.40. The Labute approximate surface area is 165 Å². The fraction of sp³-hybridized carbons (Fsp3) is 0.619. The van der Waals surface area contributed by atoms with Crippen molar-refractivity contribution in [2.75, 3.05) is 0 Å². The molecule has 0 spiro atoms. The SMILES string of the molecule is CC(=O)CCC(=O)O[C@@H]1C(C)O[C@H]2OC(C)(C)OC2C1OCc1ccccc1. The molecule has 2 aliphatic heterocycles. The number of fused-ring (bicyclic) bond motifs is 1. The maximum absolute atomic E-state index is 12.2. The number of ketones is 1. The molecule has 1 aromatic rings. The summed E-state index contributed by atoms with van der Waals surface area (Å²) < 4.78 is 29.5. The molecule has 2 heterocycles. The maximum Gasteiger partial charge on any atom is 0.306 e. The van der Waals surface area contributed by atoms with Crippen LogP contribution in [0.4, 0.5) is 0 Å². The van der Waals surface area contributed by atoms with Crippen LogP contribution < -0.4 is 0 Å². The number of carbonyl (C=O) groups excluding carboxylic acids is 2. The van der Waals surface area contributed by atoms with Crippen LogP contribution in [0.5, 0.6) is 0 Å². The highest BCUT2D eigenvalue weighted by molar-refractivity contribution is 5.81. The molecule has 5 atom stereocenters. The first-order valence-electron chi connectivity index (χ1n) is 9.61. The summed E-state index contributed by atoms with van der Waals surface area (Å²) in [4.78, 5) is 23.4. The zero-order valence-corrected chi connectivity index (χ0v) is 16.8. The summed E-state index contributed by atoms with van der Waals surface area (Å²) >= 11 is 0. The normalized spacial score (nSPS) is 31.2. The van der Waals surface area contributed by atoms with E-state index in [-0.39, 0.29) is 18.6 Å². The predicted molar refractivity (Wildman–Crippen MR) is 99.2 cm³/mol. The minimum Gasteiger partial charge on any atom is -0.457 e. The molecule has 2 saturated heterocycles. The number of carbonyl (C=O) groups is 2. The van der Waals surface area contributed by atoms with Crippen LogP contribution in [-0.2, 0) is 39.9 Å². The molecule has 2 fully saturated rings. The van der Waals surface area contributed by atoms with Gasteiger partial charge in [-0.05, 0) is 33.3 Å². The van der Waals surface area contributed by atoms with E-state index in [0.717, 1.165) is 5.56 Å². The Hall–Kier alpha value is -1.80. The zero-order valence-electron chi connectivity index (χ0n) is 16.8. The van der Waals surface area contributed by atoms with E-state index in [4.69, 9.17) is 23.7 Å². The Morgan fingerprint density at radius 3 is 2.46 bits per heavy atom. The topological polar surface area (TPSA) is 80.3 Å². The number of Topliss-reactive ketones (excluding diaryl/α,β-unsaturated/α-hetero) is 1. The summed E-state index contributed by atoms with van der Waals surface area (Å²) in [5.41, 5.74) is 0.998. The lowest BCUT2D eigenvalue weighted by molar-refractivity contribution is -0.261. The van der Waals surface area contributed by atoms with Gasteiger partial charge in [-0.25, -0.2) is 0 Å². The summed E-state index contributed by atoms with van der Waals surface area (Å²) in [5, 5.41) is 0. The van der Waals surface area contributed by atoms with E-state index < -0.39 is 42.5 Å². The van der Waals surface area contributed by atoms with Crippen molar-refractivity contribution in [1.82, 2.24) is 0 Å². The number of esters is 1. The number of hydrogen-bond acceptors (Lipinski definition) is 7. The van der Waals surface area contributed by atoms with Gasteiger partial charge in [0.2, 0.25) is 0 Å². The van der Waals surface area contributed by atoms with Crippen LogP contribution in [0.15, 0.2) is 30.3 Å². The minimum absolute atomic E-state index is 0.0287. The van der Waals surface area contributed by atoms with Crippen LogP contribution in [0.2, 0.25) is 0 Å². The molecule has 3 rings (SSSR count). The highest BCUT2D eigenvalue weighted by Crippen LogP contribution is 2.38. The molecular formula is C21H28O7. The van der Waals surface area contributed by atoms with Crippen molar-refractivity contribution < 1.29 is 33.3 Å². The van der Waals surface area contributed by atoms with Gasteiger partial charge in [-0.2, -0.15) is 0 Å². The van der Waals surface area contributed by atoms with Crippen molar-refractivity contribution in [2.24, 2.45) is 0 Å². The minimum atomic E-state index is -0.822. The average molecular weight is 392 g/mol. The molecule has 3 unspecified atom stereocenters. The van der Waals surface area contributed by atoms with E-state index in [1.807, 2.05) is 51.1 Å². The lowest BCUT2D eigenvalue weighted by atomic mass is 9.99. The van der Waals surface area contributed by atoms with Crippen LogP contribution in [0.25, 0.3) is 0 Å². The number of ether oxygens (including phenoxy) is 5. The molecule has 0 saturated carbocycles. The molecule has 7 nitrogen and oxygen atoms in total. The van der Waals surface area contributed by atoms with Gasteiger partial charge >= 0.3 is 5.97 Å². The van der Waals surface area contributed by atoms with Crippen LogP contribution >= 0.6 is 0 Å². The van der Waals surface area contributed by atoms with Gasteiger partial charge in [0, 0.05) is 6.42 Å². The lowest BCUT2D eigenvalue weighted by Crippen LogP contribution is -2.58. The summed E-state index contributed by atoms with van der Waals surface area (Å²) in [6, 6.07) is 9.73. The van der Waals surface area contributed by atoms with Gasteiger partial charge in [-0.15, -0.1) is 0 Å². The predicted octanol–water partition coefficient (Wildman–Crippen LogP) is 2.75. The Morgan fingerprint density at radius 2 is 1.79 bits per heavy atom. The molecule has 0 radical (unpaired) electrons. The van der Waals surface area contributed by atoms with E-state index in [2.05, 4.69) is 0 Å². The van der Waals surface area contributed by atoms with Crippen LogP contribution in [0, 0.1) is 0 Å². The second-order valence-electron chi connectivity index (χ2n) is 7.73. The second kappa shape index (κ2) is 8.69. The van der Waals surface area contributed by atoms with E-state index in [1.54, 1.807) is 0 Å². The number of rotatable bonds is 7. The first-order chi connectivity index (χ1) is 13.2. The Morgan fingerprint density at radius 1 is 1.07 bits per heavy atom. The highest BCUT2D eigenvalue weighted by Gasteiger charge is 2.55. The van der Waals surface area contributed by atoms with Crippen LogP contribution in [0.3, 0.4) is 0 Å². The Kier molecular flexibility index (Phi) is 6.50. The summed E-state index contributed by atoms with van der Waals surface area (Å²) in [5.74, 6) is -1.34. The summed E-state index contributed by atoms with van der Waals surface area (Å²) in [7, 11) is 0. The molecule has 0 aliphatic carbocycles. The quantitative estimate of drug-likeness (QED) is 0.660. The molecule has 1 aromatic carbocycles. The largest absolute Gasteiger partial charge is 0.457 e. The van der Waals surface area contributed by atoms with E-state index >= 15 is 0 Å². The van der Waals surface area contributed by atoms with Crippen LogP contribution in [-0.4, -0.2) is 48.2 Å². The monoisotopic (exact) mass is 392 g/mol. The van der Waals surface area contributed by atoms with Crippen molar-refractivity contribution in [2.45, 2.75) is 83.6 Å². The van der Waals surface area contributed by atoms with E-state index in [1.165, 1.54) is 6.92 Å². The van der Waals surface area contributed by atoms with Gasteiger partial charge in [0.15, 0.2) is 18.2 Å². The van der Waals surface area contributed by atoms with Gasteiger partial charge in [0.05, 0.1) is 19.1 Å². The molecule has 0 aromatic heterocycles. The Balaban J connectivity index is 1.74. The van der Waals surface area contributed by atoms with Gasteiger partial charge in [-0.1, -0.05) is 30.3 Å². The fourth-order valence-electron chi connectivity index (χ4n) is 3.44. The molecule has 154 valence electrons. The summed E-state index contributed by atoms with van der Waals surface area (Å²) in [6.07, 6.45) is -2.62. The molecular weight excluding hydrogens is 364 g/mol. The smallest absolute Gasteiger partial charge is 0.306 e. The number of hydrogen-bond donors (Lipinski definition) is 0. The van der Waals surface area contributed by atoms with Gasteiger partial charge in [-0.3, -0.25) is 4.79 Å².